The van der Waals surface area contributed by atoms with Crippen LogP contribution < -0.4 is 0 Å². The Kier molecular flexibility index (Phi) is 4.11. The minimum atomic E-state index is -1.44. The fourth-order valence-corrected chi connectivity index (χ4v) is 1.99. The molecule has 0 amide bonds. The summed E-state index contributed by atoms with van der Waals surface area (Å²) in [6.07, 6.45) is 1.60. The highest BCUT2D eigenvalue weighted by atomic mass is 19.2. The van der Waals surface area contributed by atoms with E-state index in [0.717, 1.165) is 6.07 Å². The molecule has 0 aliphatic carbocycles. The number of aliphatic hydroxyl groups excluding tert-OH is 1. The number of halogens is 3. The number of rotatable bonds is 5. The second kappa shape index (κ2) is 5.63. The van der Waals surface area contributed by atoms with Crippen LogP contribution in [0.3, 0.4) is 0 Å². The molecule has 0 unspecified atom stereocenters. The standard InChI is InChI=1S/C13H15F3N2O/c1-17(6-7-19)4-5-18-3-2-9-11(18)8-10(14)13(16)12(9)15/h2-3,8,19H,4-7H2,1H3. The molecular weight excluding hydrogens is 257 g/mol. The normalized spacial score (nSPS) is 11.7. The van der Waals surface area contributed by atoms with Gasteiger partial charge in [-0.1, -0.05) is 0 Å². The monoisotopic (exact) mass is 272 g/mol. The van der Waals surface area contributed by atoms with E-state index in [-0.39, 0.29) is 12.0 Å². The van der Waals surface area contributed by atoms with Crippen molar-refractivity contribution in [1.82, 2.24) is 9.47 Å². The van der Waals surface area contributed by atoms with Crippen molar-refractivity contribution in [2.75, 3.05) is 26.7 Å². The van der Waals surface area contributed by atoms with Crippen LogP contribution in [0, 0.1) is 17.5 Å². The number of hydrogen-bond acceptors (Lipinski definition) is 2. The van der Waals surface area contributed by atoms with E-state index in [2.05, 4.69) is 0 Å². The van der Waals surface area contributed by atoms with Crippen LogP contribution in [0.5, 0.6) is 0 Å². The predicted molar refractivity (Wildman–Crippen MR) is 66.4 cm³/mol. The molecule has 2 rings (SSSR count). The maximum atomic E-state index is 13.5. The van der Waals surface area contributed by atoms with Gasteiger partial charge in [0.15, 0.2) is 17.5 Å². The second-order valence-corrected chi connectivity index (χ2v) is 4.46. The number of nitrogens with zero attached hydrogens (tertiary/aromatic N) is 2. The first-order valence-electron chi connectivity index (χ1n) is 5.96. The third-order valence-electron chi connectivity index (χ3n) is 3.11. The van der Waals surface area contributed by atoms with Crippen LogP contribution in [-0.4, -0.2) is 41.3 Å². The zero-order valence-electron chi connectivity index (χ0n) is 10.5. The Morgan fingerprint density at radius 1 is 1.21 bits per heavy atom. The molecule has 0 radical (unpaired) electrons. The van der Waals surface area contributed by atoms with Crippen LogP contribution >= 0.6 is 0 Å². The first kappa shape index (κ1) is 13.9. The van der Waals surface area contributed by atoms with Gasteiger partial charge in [-0.2, -0.15) is 0 Å². The molecule has 0 bridgehead atoms. The molecule has 0 saturated heterocycles. The van der Waals surface area contributed by atoms with E-state index in [4.69, 9.17) is 5.11 Å². The van der Waals surface area contributed by atoms with Crippen LogP contribution in [0.25, 0.3) is 10.9 Å². The summed E-state index contributed by atoms with van der Waals surface area (Å²) >= 11 is 0. The molecule has 0 saturated carbocycles. The fraction of sp³-hybridized carbons (Fsp3) is 0.385. The molecule has 0 aliphatic rings. The Balaban J connectivity index is 2.26. The number of aromatic nitrogens is 1. The first-order valence-corrected chi connectivity index (χ1v) is 5.96. The molecule has 0 spiro atoms. The molecule has 3 nitrogen and oxygen atoms in total. The zero-order chi connectivity index (χ0) is 14.0. The van der Waals surface area contributed by atoms with Gasteiger partial charge in [0.1, 0.15) is 0 Å². The molecule has 0 aliphatic heterocycles. The van der Waals surface area contributed by atoms with Gasteiger partial charge in [-0.15, -0.1) is 0 Å². The van der Waals surface area contributed by atoms with Gasteiger partial charge in [0.25, 0.3) is 0 Å². The van der Waals surface area contributed by atoms with Crippen LogP contribution in [0.4, 0.5) is 13.2 Å². The number of fused-ring (bicyclic) bond motifs is 1. The zero-order valence-corrected chi connectivity index (χ0v) is 10.5. The van der Waals surface area contributed by atoms with Crippen molar-refractivity contribution in [3.05, 3.63) is 35.8 Å². The van der Waals surface area contributed by atoms with E-state index < -0.39 is 17.5 Å². The maximum absolute atomic E-state index is 13.5. The largest absolute Gasteiger partial charge is 0.395 e. The smallest absolute Gasteiger partial charge is 0.195 e. The Labute approximate surface area is 108 Å². The highest BCUT2D eigenvalue weighted by Crippen LogP contribution is 2.24. The summed E-state index contributed by atoms with van der Waals surface area (Å²) in [6.45, 7) is 1.70. The van der Waals surface area contributed by atoms with Crippen molar-refractivity contribution < 1.29 is 18.3 Å². The van der Waals surface area contributed by atoms with Crippen LogP contribution in [0.15, 0.2) is 18.3 Å². The average Bonchev–Trinajstić information content (AvgIpc) is 2.77. The molecule has 1 N–H and O–H groups in total. The molecule has 1 aromatic heterocycles. The Bertz CT molecular complexity index is 583. The molecule has 6 heteroatoms. The fourth-order valence-electron chi connectivity index (χ4n) is 1.99. The molecule has 1 heterocycles. The Morgan fingerprint density at radius 2 is 1.95 bits per heavy atom. The van der Waals surface area contributed by atoms with Crippen LogP contribution in [-0.2, 0) is 6.54 Å². The molecule has 0 atom stereocenters. The minimum Gasteiger partial charge on any atom is -0.395 e. The topological polar surface area (TPSA) is 28.4 Å². The van der Waals surface area contributed by atoms with Gasteiger partial charge in [-0.3, -0.25) is 0 Å². The van der Waals surface area contributed by atoms with E-state index >= 15 is 0 Å². The van der Waals surface area contributed by atoms with Gasteiger partial charge in [-0.05, 0) is 13.1 Å². The Morgan fingerprint density at radius 3 is 2.63 bits per heavy atom. The number of benzene rings is 1. The van der Waals surface area contributed by atoms with Crippen LogP contribution in [0.1, 0.15) is 0 Å². The van der Waals surface area contributed by atoms with Crippen LogP contribution in [0.2, 0.25) is 0 Å². The molecule has 2 aromatic rings. The lowest BCUT2D eigenvalue weighted by Gasteiger charge is -2.15. The summed E-state index contributed by atoms with van der Waals surface area (Å²) in [7, 11) is 1.84. The third kappa shape index (κ3) is 2.74. The quantitative estimate of drug-likeness (QED) is 0.843. The molecular formula is C13H15F3N2O. The van der Waals surface area contributed by atoms with Gasteiger partial charge < -0.3 is 14.6 Å². The lowest BCUT2D eigenvalue weighted by atomic mass is 10.2. The highest BCUT2D eigenvalue weighted by molar-refractivity contribution is 5.81. The first-order chi connectivity index (χ1) is 9.04. The third-order valence-corrected chi connectivity index (χ3v) is 3.11. The Hall–Kier alpha value is -1.53. The minimum absolute atomic E-state index is 0.0530. The average molecular weight is 272 g/mol. The summed E-state index contributed by atoms with van der Waals surface area (Å²) in [5.74, 6) is -3.78. The van der Waals surface area contributed by atoms with Crippen molar-refractivity contribution in [3.63, 3.8) is 0 Å². The van der Waals surface area contributed by atoms with Gasteiger partial charge in [0, 0.05) is 37.3 Å². The summed E-state index contributed by atoms with van der Waals surface area (Å²) < 4.78 is 41.5. The summed E-state index contributed by atoms with van der Waals surface area (Å²) in [4.78, 5) is 1.89. The summed E-state index contributed by atoms with van der Waals surface area (Å²) in [6, 6.07) is 2.43. The summed E-state index contributed by atoms with van der Waals surface area (Å²) in [5, 5.41) is 8.85. The van der Waals surface area contributed by atoms with Gasteiger partial charge >= 0.3 is 0 Å². The lowest BCUT2D eigenvalue weighted by Crippen LogP contribution is -2.26. The van der Waals surface area contributed by atoms with Crippen molar-refractivity contribution in [2.24, 2.45) is 0 Å². The maximum Gasteiger partial charge on any atom is 0.195 e. The highest BCUT2D eigenvalue weighted by Gasteiger charge is 2.15. The summed E-state index contributed by atoms with van der Waals surface area (Å²) in [5.41, 5.74) is 0.328. The van der Waals surface area contributed by atoms with E-state index in [1.54, 1.807) is 10.8 Å². The molecule has 0 fully saturated rings. The van der Waals surface area contributed by atoms with Gasteiger partial charge in [-0.25, -0.2) is 13.2 Å². The second-order valence-electron chi connectivity index (χ2n) is 4.46. The SMILES string of the molecule is CN(CCO)CCn1ccc2c(F)c(F)c(F)cc21. The lowest BCUT2D eigenvalue weighted by molar-refractivity contribution is 0.218. The number of hydrogen-bond donors (Lipinski definition) is 1. The van der Waals surface area contributed by atoms with Gasteiger partial charge in [0.2, 0.25) is 0 Å². The molecule has 1 aromatic carbocycles. The molecule has 19 heavy (non-hydrogen) atoms. The van der Waals surface area contributed by atoms with E-state index in [0.29, 0.717) is 25.2 Å². The number of likely N-dealkylation sites (N-methyl/N-ethyl adjacent to an activating group) is 1. The molecule has 104 valence electrons. The predicted octanol–water partition coefficient (Wildman–Crippen LogP) is 1.98. The van der Waals surface area contributed by atoms with Gasteiger partial charge in [0.05, 0.1) is 12.1 Å². The van der Waals surface area contributed by atoms with E-state index in [1.165, 1.54) is 6.07 Å². The van der Waals surface area contributed by atoms with E-state index in [9.17, 15) is 13.2 Å². The van der Waals surface area contributed by atoms with Crippen molar-refractivity contribution in [2.45, 2.75) is 6.54 Å². The number of aliphatic hydroxyl groups is 1. The van der Waals surface area contributed by atoms with Crippen molar-refractivity contribution >= 4 is 10.9 Å². The van der Waals surface area contributed by atoms with E-state index in [1.807, 2.05) is 11.9 Å². The van der Waals surface area contributed by atoms with Crippen molar-refractivity contribution in [1.29, 1.82) is 0 Å². The van der Waals surface area contributed by atoms with Crippen molar-refractivity contribution in [3.8, 4) is 0 Å².